The molecule has 1 aliphatic rings. The van der Waals surface area contributed by atoms with Crippen molar-refractivity contribution in [2.45, 2.75) is 32.4 Å². The Labute approximate surface area is 151 Å². The highest BCUT2D eigenvalue weighted by Crippen LogP contribution is 2.31. The number of likely N-dealkylation sites (tertiary alicyclic amines) is 1. The van der Waals surface area contributed by atoms with Gasteiger partial charge in [0.2, 0.25) is 0 Å². The molecule has 2 heterocycles. The molecule has 1 atom stereocenters. The minimum atomic E-state index is 0.662. The van der Waals surface area contributed by atoms with Crippen molar-refractivity contribution in [2.24, 2.45) is 0 Å². The Kier molecular flexibility index (Phi) is 5.81. The summed E-state index contributed by atoms with van der Waals surface area (Å²) in [6.07, 6.45) is 2.60. The van der Waals surface area contributed by atoms with Gasteiger partial charge < -0.3 is 9.73 Å². The van der Waals surface area contributed by atoms with E-state index >= 15 is 0 Å². The van der Waals surface area contributed by atoms with E-state index in [1.54, 1.807) is 0 Å². The normalized spacial score (nSPS) is 18.7. The van der Waals surface area contributed by atoms with Crippen molar-refractivity contribution in [2.75, 3.05) is 19.6 Å². The Morgan fingerprint density at radius 2 is 2.22 bits per heavy atom. The van der Waals surface area contributed by atoms with Crippen molar-refractivity contribution in [3.8, 4) is 11.3 Å². The van der Waals surface area contributed by atoms with Crippen LogP contribution in [0.5, 0.6) is 0 Å². The second-order valence-electron chi connectivity index (χ2n) is 5.95. The average molecular weight is 398 g/mol. The number of hydrogen-bond donors (Lipinski definition) is 1. The lowest BCUT2D eigenvalue weighted by Crippen LogP contribution is -2.37. The van der Waals surface area contributed by atoms with Gasteiger partial charge >= 0.3 is 0 Å². The molecule has 0 radical (unpaired) electrons. The quantitative estimate of drug-likeness (QED) is 0.748. The summed E-state index contributed by atoms with van der Waals surface area (Å²) >= 11 is 9.71. The van der Waals surface area contributed by atoms with E-state index in [1.807, 2.05) is 30.3 Å². The van der Waals surface area contributed by atoms with Crippen molar-refractivity contribution in [3.05, 3.63) is 45.6 Å². The van der Waals surface area contributed by atoms with Crippen LogP contribution in [0, 0.1) is 0 Å². The number of halogens is 2. The molecule has 0 unspecified atom stereocenters. The lowest BCUT2D eigenvalue weighted by atomic mass is 10.2. The van der Waals surface area contributed by atoms with E-state index in [-0.39, 0.29) is 0 Å². The molecule has 1 fully saturated rings. The SMILES string of the molecule is CCN1CCC[C@H]1CNCc1ccc(-c2ccc(Br)cc2Cl)o1. The number of nitrogens with zero attached hydrogens (tertiary/aromatic N) is 1. The standard InChI is InChI=1S/C18H22BrClN2O/c1-2-22-9-3-4-14(22)11-21-12-15-6-8-18(23-15)16-7-5-13(19)10-17(16)20/h5-8,10,14,21H,2-4,9,11-12H2,1H3/t14-/m0/s1. The van der Waals surface area contributed by atoms with Crippen LogP contribution >= 0.6 is 27.5 Å². The van der Waals surface area contributed by atoms with E-state index < -0.39 is 0 Å². The number of hydrogen-bond acceptors (Lipinski definition) is 3. The monoisotopic (exact) mass is 396 g/mol. The first kappa shape index (κ1) is 17.0. The highest BCUT2D eigenvalue weighted by molar-refractivity contribution is 9.10. The molecule has 1 saturated heterocycles. The van der Waals surface area contributed by atoms with Crippen molar-refractivity contribution in [3.63, 3.8) is 0 Å². The summed E-state index contributed by atoms with van der Waals surface area (Å²) in [6, 6.07) is 10.5. The predicted molar refractivity (Wildman–Crippen MR) is 98.8 cm³/mol. The van der Waals surface area contributed by atoms with Crippen LogP contribution in [0.3, 0.4) is 0 Å². The fraction of sp³-hybridized carbons (Fsp3) is 0.444. The van der Waals surface area contributed by atoms with E-state index in [0.717, 1.165) is 41.2 Å². The molecule has 0 amide bonds. The highest BCUT2D eigenvalue weighted by Gasteiger charge is 2.22. The topological polar surface area (TPSA) is 28.4 Å². The Morgan fingerprint density at radius 1 is 1.35 bits per heavy atom. The molecule has 5 heteroatoms. The maximum Gasteiger partial charge on any atom is 0.135 e. The first-order valence-electron chi connectivity index (χ1n) is 8.16. The largest absolute Gasteiger partial charge is 0.460 e. The van der Waals surface area contributed by atoms with E-state index in [1.165, 1.54) is 19.4 Å². The maximum atomic E-state index is 6.28. The van der Waals surface area contributed by atoms with E-state index in [0.29, 0.717) is 11.1 Å². The Hall–Kier alpha value is -0.810. The molecular weight excluding hydrogens is 376 g/mol. The second kappa shape index (κ2) is 7.84. The maximum absolute atomic E-state index is 6.28. The van der Waals surface area contributed by atoms with Gasteiger partial charge in [-0.25, -0.2) is 0 Å². The van der Waals surface area contributed by atoms with Gasteiger partial charge in [0, 0.05) is 22.6 Å². The van der Waals surface area contributed by atoms with Crippen LogP contribution in [-0.4, -0.2) is 30.6 Å². The molecule has 0 spiro atoms. The Morgan fingerprint density at radius 3 is 3.00 bits per heavy atom. The third-order valence-electron chi connectivity index (χ3n) is 4.44. The van der Waals surface area contributed by atoms with Gasteiger partial charge in [0.1, 0.15) is 11.5 Å². The van der Waals surface area contributed by atoms with Gasteiger partial charge in [-0.2, -0.15) is 0 Å². The molecule has 23 heavy (non-hydrogen) atoms. The number of nitrogens with one attached hydrogen (secondary N) is 1. The first-order chi connectivity index (χ1) is 11.2. The minimum absolute atomic E-state index is 0.662. The van der Waals surface area contributed by atoms with Crippen molar-refractivity contribution in [1.82, 2.24) is 10.2 Å². The number of benzene rings is 1. The summed E-state index contributed by atoms with van der Waals surface area (Å²) in [7, 11) is 0. The molecule has 2 aromatic rings. The molecule has 124 valence electrons. The zero-order valence-corrected chi connectivity index (χ0v) is 15.7. The van der Waals surface area contributed by atoms with Crippen molar-refractivity contribution in [1.29, 1.82) is 0 Å². The van der Waals surface area contributed by atoms with Crippen LogP contribution in [0.25, 0.3) is 11.3 Å². The molecule has 3 rings (SSSR count). The van der Waals surface area contributed by atoms with Gasteiger partial charge in [0.25, 0.3) is 0 Å². The molecule has 3 nitrogen and oxygen atoms in total. The molecule has 0 aliphatic carbocycles. The van der Waals surface area contributed by atoms with E-state index in [2.05, 4.69) is 33.1 Å². The van der Waals surface area contributed by atoms with Crippen molar-refractivity contribution < 1.29 is 4.42 Å². The van der Waals surface area contributed by atoms with Gasteiger partial charge in [-0.1, -0.05) is 34.5 Å². The third-order valence-corrected chi connectivity index (χ3v) is 5.25. The van der Waals surface area contributed by atoms with Crippen molar-refractivity contribution >= 4 is 27.5 Å². The lowest BCUT2D eigenvalue weighted by Gasteiger charge is -2.22. The number of furan rings is 1. The molecular formula is C18H22BrClN2O. The zero-order valence-electron chi connectivity index (χ0n) is 13.3. The second-order valence-corrected chi connectivity index (χ2v) is 7.27. The minimum Gasteiger partial charge on any atom is -0.460 e. The molecule has 1 aliphatic heterocycles. The molecule has 0 saturated carbocycles. The molecule has 1 N–H and O–H groups in total. The average Bonchev–Trinajstić information content (AvgIpc) is 3.16. The van der Waals surface area contributed by atoms with Crippen LogP contribution in [0.15, 0.2) is 39.2 Å². The Balaban J connectivity index is 1.57. The van der Waals surface area contributed by atoms with Gasteiger partial charge in [-0.05, 0) is 56.3 Å². The van der Waals surface area contributed by atoms with Crippen LogP contribution in [0.2, 0.25) is 5.02 Å². The van der Waals surface area contributed by atoms with Crippen LogP contribution in [0.1, 0.15) is 25.5 Å². The summed E-state index contributed by atoms with van der Waals surface area (Å²) in [5.74, 6) is 1.76. The van der Waals surface area contributed by atoms with Crippen LogP contribution in [-0.2, 0) is 6.54 Å². The summed E-state index contributed by atoms with van der Waals surface area (Å²) in [5, 5.41) is 4.21. The summed E-state index contributed by atoms with van der Waals surface area (Å²) in [5.41, 5.74) is 0.925. The lowest BCUT2D eigenvalue weighted by molar-refractivity contribution is 0.258. The van der Waals surface area contributed by atoms with Crippen LogP contribution < -0.4 is 5.32 Å². The zero-order chi connectivity index (χ0) is 16.2. The smallest absolute Gasteiger partial charge is 0.135 e. The van der Waals surface area contributed by atoms with E-state index in [9.17, 15) is 0 Å². The van der Waals surface area contributed by atoms with Gasteiger partial charge in [-0.15, -0.1) is 0 Å². The Bertz CT molecular complexity index is 658. The van der Waals surface area contributed by atoms with Gasteiger partial charge in [-0.3, -0.25) is 4.90 Å². The molecule has 1 aromatic heterocycles. The van der Waals surface area contributed by atoms with Crippen LogP contribution in [0.4, 0.5) is 0 Å². The summed E-state index contributed by atoms with van der Waals surface area (Å²) in [6.45, 7) is 6.37. The highest BCUT2D eigenvalue weighted by atomic mass is 79.9. The summed E-state index contributed by atoms with van der Waals surface area (Å²) < 4.78 is 6.90. The van der Waals surface area contributed by atoms with Gasteiger partial charge in [0.05, 0.1) is 11.6 Å². The molecule has 1 aromatic carbocycles. The third kappa shape index (κ3) is 4.18. The predicted octanol–water partition coefficient (Wildman–Crippen LogP) is 4.94. The van der Waals surface area contributed by atoms with E-state index in [4.69, 9.17) is 16.0 Å². The fourth-order valence-electron chi connectivity index (χ4n) is 3.21. The fourth-order valence-corrected chi connectivity index (χ4v) is 3.98. The summed E-state index contributed by atoms with van der Waals surface area (Å²) in [4.78, 5) is 2.54. The number of rotatable bonds is 6. The number of likely N-dealkylation sites (N-methyl/N-ethyl adjacent to an activating group) is 1. The molecule has 0 bridgehead atoms. The van der Waals surface area contributed by atoms with Gasteiger partial charge in [0.15, 0.2) is 0 Å². The first-order valence-corrected chi connectivity index (χ1v) is 9.33.